The summed E-state index contributed by atoms with van der Waals surface area (Å²) in [7, 11) is 0. The van der Waals surface area contributed by atoms with E-state index < -0.39 is 0 Å². The Morgan fingerprint density at radius 3 is 2.62 bits per heavy atom. The average Bonchev–Trinajstić information content (AvgIpc) is 3.12. The van der Waals surface area contributed by atoms with Crippen LogP contribution in [0, 0.1) is 0 Å². The highest BCUT2D eigenvalue weighted by atomic mass is 16.1. The number of nitrogens with one attached hydrogen (secondary N) is 2. The lowest BCUT2D eigenvalue weighted by Crippen LogP contribution is -2.28. The van der Waals surface area contributed by atoms with Gasteiger partial charge in [0.05, 0.1) is 17.3 Å². The first-order valence-corrected chi connectivity index (χ1v) is 9.79. The predicted octanol–water partition coefficient (Wildman–Crippen LogP) is 5.29. The van der Waals surface area contributed by atoms with E-state index in [2.05, 4.69) is 57.7 Å². The van der Waals surface area contributed by atoms with Crippen LogP contribution in [0.15, 0.2) is 79.0 Å². The molecule has 1 amide bonds. The maximum atomic E-state index is 12.0. The van der Waals surface area contributed by atoms with Crippen molar-refractivity contribution in [1.29, 1.82) is 0 Å². The highest BCUT2D eigenvalue weighted by molar-refractivity contribution is 6.07. The maximum Gasteiger partial charge on any atom is 0.217 e. The second kappa shape index (κ2) is 7.06. The fourth-order valence-corrected chi connectivity index (χ4v) is 4.12. The fourth-order valence-electron chi connectivity index (χ4n) is 4.12. The molecule has 0 radical (unpaired) electrons. The molecule has 2 N–H and O–H groups in total. The molecule has 0 bridgehead atoms. The van der Waals surface area contributed by atoms with E-state index in [4.69, 9.17) is 0 Å². The minimum Gasteiger partial charge on any atom is -0.353 e. The van der Waals surface area contributed by atoms with Gasteiger partial charge in [-0.15, -0.1) is 0 Å². The summed E-state index contributed by atoms with van der Waals surface area (Å²) in [5.74, 6) is -0.0642. The number of fused-ring (bicyclic) bond motifs is 4. The van der Waals surface area contributed by atoms with Crippen LogP contribution in [0.3, 0.4) is 0 Å². The lowest BCUT2D eigenvalue weighted by Gasteiger charge is -2.18. The molecule has 0 unspecified atom stereocenters. The second-order valence-corrected chi connectivity index (χ2v) is 7.43. The van der Waals surface area contributed by atoms with Crippen LogP contribution in [0.4, 0.5) is 0 Å². The van der Waals surface area contributed by atoms with Crippen molar-refractivity contribution in [1.82, 2.24) is 15.3 Å². The van der Waals surface area contributed by atoms with Gasteiger partial charge < -0.3 is 10.3 Å². The van der Waals surface area contributed by atoms with Gasteiger partial charge in [0.1, 0.15) is 0 Å². The molecule has 4 heteroatoms. The summed E-state index contributed by atoms with van der Waals surface area (Å²) >= 11 is 0. The third-order valence-electron chi connectivity index (χ3n) is 5.42. The van der Waals surface area contributed by atoms with E-state index in [1.165, 1.54) is 16.2 Å². The van der Waals surface area contributed by atoms with E-state index in [0.717, 1.165) is 27.7 Å². The zero-order valence-electron chi connectivity index (χ0n) is 16.1. The molecule has 142 valence electrons. The molecule has 5 aromatic rings. The van der Waals surface area contributed by atoms with Crippen LogP contribution in [-0.4, -0.2) is 15.9 Å². The molecule has 0 aliphatic carbocycles. The topological polar surface area (TPSA) is 57.8 Å². The van der Waals surface area contributed by atoms with Crippen molar-refractivity contribution in [2.45, 2.75) is 19.4 Å². The molecule has 0 spiro atoms. The Morgan fingerprint density at radius 2 is 1.76 bits per heavy atom. The van der Waals surface area contributed by atoms with Gasteiger partial charge in [-0.2, -0.15) is 0 Å². The van der Waals surface area contributed by atoms with E-state index in [9.17, 15) is 4.79 Å². The van der Waals surface area contributed by atoms with Gasteiger partial charge in [0.25, 0.3) is 0 Å². The van der Waals surface area contributed by atoms with Crippen LogP contribution in [0.2, 0.25) is 0 Å². The first-order chi connectivity index (χ1) is 14.2. The van der Waals surface area contributed by atoms with Gasteiger partial charge in [-0.3, -0.25) is 9.78 Å². The van der Waals surface area contributed by atoms with Crippen LogP contribution in [0.25, 0.3) is 32.6 Å². The predicted molar refractivity (Wildman–Crippen MR) is 118 cm³/mol. The number of hydrogen-bond donors (Lipinski definition) is 2. The van der Waals surface area contributed by atoms with E-state index in [1.54, 1.807) is 6.92 Å². The molecule has 1 atom stereocenters. The highest BCUT2D eigenvalue weighted by Gasteiger charge is 2.20. The molecule has 29 heavy (non-hydrogen) atoms. The molecule has 0 aliphatic heterocycles. The molecular formula is C25H21N3O. The zero-order valence-corrected chi connectivity index (χ0v) is 16.1. The smallest absolute Gasteiger partial charge is 0.217 e. The molecule has 2 heterocycles. The van der Waals surface area contributed by atoms with E-state index in [-0.39, 0.29) is 11.9 Å². The molecule has 0 saturated heterocycles. The van der Waals surface area contributed by atoms with Crippen LogP contribution < -0.4 is 5.32 Å². The number of carbonyl (C=O) groups excluding carboxylic acids is 1. The molecule has 5 rings (SSSR count). The minimum absolute atomic E-state index is 0.0642. The number of benzene rings is 3. The summed E-state index contributed by atoms with van der Waals surface area (Å²) in [5, 5.41) is 7.81. The summed E-state index contributed by atoms with van der Waals surface area (Å²) in [6.07, 6.45) is 2.50. The van der Waals surface area contributed by atoms with Gasteiger partial charge in [-0.1, -0.05) is 60.7 Å². The largest absolute Gasteiger partial charge is 0.353 e. The van der Waals surface area contributed by atoms with Gasteiger partial charge in [-0.25, -0.2) is 0 Å². The first kappa shape index (κ1) is 17.4. The monoisotopic (exact) mass is 379 g/mol. The number of aromatic nitrogens is 2. The normalized spacial score (nSPS) is 12.4. The number of aromatic amines is 1. The van der Waals surface area contributed by atoms with Gasteiger partial charge in [0, 0.05) is 29.4 Å². The molecule has 0 aliphatic rings. The molecule has 0 fully saturated rings. The minimum atomic E-state index is -0.217. The molecule has 0 saturated carbocycles. The van der Waals surface area contributed by atoms with Crippen LogP contribution in [-0.2, 0) is 11.2 Å². The number of nitrogens with zero attached hydrogens (tertiary/aromatic N) is 1. The fraction of sp³-hybridized carbons (Fsp3) is 0.120. The van der Waals surface area contributed by atoms with Crippen molar-refractivity contribution in [3.05, 3.63) is 90.3 Å². The van der Waals surface area contributed by atoms with E-state index >= 15 is 0 Å². The quantitative estimate of drug-likeness (QED) is 0.446. The van der Waals surface area contributed by atoms with Crippen LogP contribution >= 0.6 is 0 Å². The molecular weight excluding hydrogens is 358 g/mol. The Hall–Kier alpha value is -3.66. The van der Waals surface area contributed by atoms with Gasteiger partial charge in [-0.05, 0) is 34.9 Å². The van der Waals surface area contributed by atoms with Crippen molar-refractivity contribution in [2.24, 2.45) is 0 Å². The van der Waals surface area contributed by atoms with Gasteiger partial charge in [0.2, 0.25) is 5.91 Å². The standard InChI is InChI=1S/C25H21N3O/c1-16(29)27-23(15-17-10-11-18-6-2-3-7-19(18)14-17)25-24-21(12-13-26-25)20-8-4-5-9-22(20)28-24/h2-14,23,28H,15H2,1H3,(H,27,29)/t23-/m1/s1. The Morgan fingerprint density at radius 1 is 0.966 bits per heavy atom. The second-order valence-electron chi connectivity index (χ2n) is 7.43. The summed E-state index contributed by atoms with van der Waals surface area (Å²) in [6, 6.07) is 24.8. The molecule has 2 aromatic heterocycles. The Kier molecular flexibility index (Phi) is 4.24. The number of hydrogen-bond acceptors (Lipinski definition) is 2. The maximum absolute atomic E-state index is 12.0. The lowest BCUT2D eigenvalue weighted by molar-refractivity contribution is -0.119. The van der Waals surface area contributed by atoms with Crippen molar-refractivity contribution < 1.29 is 4.79 Å². The summed E-state index contributed by atoms with van der Waals surface area (Å²) in [5.41, 5.74) is 4.08. The summed E-state index contributed by atoms with van der Waals surface area (Å²) < 4.78 is 0. The van der Waals surface area contributed by atoms with Crippen LogP contribution in [0.5, 0.6) is 0 Å². The number of H-pyrrole nitrogens is 1. The van der Waals surface area contributed by atoms with Gasteiger partial charge >= 0.3 is 0 Å². The van der Waals surface area contributed by atoms with E-state index in [1.807, 2.05) is 36.5 Å². The third kappa shape index (κ3) is 3.23. The van der Waals surface area contributed by atoms with Gasteiger partial charge in [0.15, 0.2) is 0 Å². The number of amides is 1. The third-order valence-corrected chi connectivity index (χ3v) is 5.42. The summed E-state index contributed by atoms with van der Waals surface area (Å²) in [4.78, 5) is 20.2. The van der Waals surface area contributed by atoms with Crippen molar-refractivity contribution in [3.8, 4) is 0 Å². The lowest BCUT2D eigenvalue weighted by atomic mass is 9.98. The number of pyridine rings is 1. The number of rotatable bonds is 4. The number of carbonyl (C=O) groups is 1. The Bertz CT molecular complexity index is 1350. The van der Waals surface area contributed by atoms with Crippen molar-refractivity contribution in [2.75, 3.05) is 0 Å². The van der Waals surface area contributed by atoms with Crippen molar-refractivity contribution in [3.63, 3.8) is 0 Å². The Labute approximate surface area is 168 Å². The first-order valence-electron chi connectivity index (χ1n) is 9.79. The summed E-state index contributed by atoms with van der Waals surface area (Å²) in [6.45, 7) is 1.55. The molecule has 3 aromatic carbocycles. The van der Waals surface area contributed by atoms with Crippen molar-refractivity contribution >= 4 is 38.5 Å². The average molecular weight is 379 g/mol. The SMILES string of the molecule is CC(=O)N[C@H](Cc1ccc2ccccc2c1)c1nccc2c1[nH]c1ccccc12. The number of para-hydroxylation sites is 1. The molecule has 4 nitrogen and oxygen atoms in total. The van der Waals surface area contributed by atoms with Crippen LogP contribution in [0.1, 0.15) is 24.2 Å². The zero-order chi connectivity index (χ0) is 19.8. The Balaban J connectivity index is 1.61. The highest BCUT2D eigenvalue weighted by Crippen LogP contribution is 2.30. The van der Waals surface area contributed by atoms with E-state index in [0.29, 0.717) is 6.42 Å².